The first-order chi connectivity index (χ1) is 13.5. The molecule has 3 rings (SSSR count). The molecule has 2 aliphatic heterocycles. The minimum Gasteiger partial charge on any atom is -0.344 e. The highest BCUT2D eigenvalue weighted by molar-refractivity contribution is 5.86. The summed E-state index contributed by atoms with van der Waals surface area (Å²) in [5, 5.41) is 3.56. The van der Waals surface area contributed by atoms with Gasteiger partial charge in [-0.15, -0.1) is 0 Å². The van der Waals surface area contributed by atoms with Gasteiger partial charge < -0.3 is 20.0 Å². The van der Waals surface area contributed by atoms with Gasteiger partial charge in [0.1, 0.15) is 0 Å². The van der Waals surface area contributed by atoms with E-state index < -0.39 is 0 Å². The topological polar surface area (TPSA) is 68.8 Å². The van der Waals surface area contributed by atoms with Crippen molar-refractivity contribution in [2.45, 2.75) is 38.3 Å². The van der Waals surface area contributed by atoms with Gasteiger partial charge in [0.15, 0.2) is 0 Å². The van der Waals surface area contributed by atoms with Crippen LogP contribution in [0.15, 0.2) is 24.5 Å². The van der Waals surface area contributed by atoms with Crippen molar-refractivity contribution in [1.82, 2.24) is 25.0 Å². The molecule has 7 nitrogen and oxygen atoms in total. The summed E-state index contributed by atoms with van der Waals surface area (Å²) in [4.78, 5) is 35.8. The number of rotatable bonds is 4. The van der Waals surface area contributed by atoms with Crippen LogP contribution in [0.5, 0.6) is 0 Å². The van der Waals surface area contributed by atoms with Crippen molar-refractivity contribution in [3.8, 4) is 0 Å². The van der Waals surface area contributed by atoms with Crippen LogP contribution in [-0.4, -0.2) is 84.4 Å². The van der Waals surface area contributed by atoms with Crippen LogP contribution >= 0.6 is 0 Å². The predicted molar refractivity (Wildman–Crippen MR) is 109 cm³/mol. The molecule has 0 saturated carbocycles. The zero-order valence-electron chi connectivity index (χ0n) is 17.1. The molecule has 0 aromatic carbocycles. The standard InChI is InChI=1S/C21H33N5O2/c1-24-9-11-26(12-10-24)21(28)18-6-3-7-19(16-25(2)20(27)13-18)23-15-17-5-4-8-22-14-17/h4-5,8,14,18-19,23H,3,6-7,9-13,15-16H2,1-2H3. The van der Waals surface area contributed by atoms with E-state index in [1.807, 2.05) is 24.2 Å². The van der Waals surface area contributed by atoms with Gasteiger partial charge in [0.05, 0.1) is 0 Å². The van der Waals surface area contributed by atoms with E-state index >= 15 is 0 Å². The van der Waals surface area contributed by atoms with Gasteiger partial charge in [-0.05, 0) is 31.5 Å². The highest BCUT2D eigenvalue weighted by atomic mass is 16.2. The third-order valence-electron chi connectivity index (χ3n) is 5.93. The molecule has 7 heteroatoms. The van der Waals surface area contributed by atoms with E-state index in [9.17, 15) is 9.59 Å². The number of carbonyl (C=O) groups is 2. The lowest BCUT2D eigenvalue weighted by molar-refractivity contribution is -0.142. The Bertz CT molecular complexity index is 645. The number of nitrogens with one attached hydrogen (secondary N) is 1. The Labute approximate surface area is 168 Å². The van der Waals surface area contributed by atoms with Crippen molar-refractivity contribution in [2.75, 3.05) is 46.8 Å². The molecular weight excluding hydrogens is 354 g/mol. The summed E-state index contributed by atoms with van der Waals surface area (Å²) in [7, 11) is 3.93. The number of hydrogen-bond acceptors (Lipinski definition) is 5. The molecule has 2 amide bonds. The van der Waals surface area contributed by atoms with Crippen molar-refractivity contribution in [3.05, 3.63) is 30.1 Å². The minimum atomic E-state index is -0.185. The molecule has 2 fully saturated rings. The van der Waals surface area contributed by atoms with E-state index in [4.69, 9.17) is 0 Å². The quantitative estimate of drug-likeness (QED) is 0.834. The molecule has 154 valence electrons. The fourth-order valence-electron chi connectivity index (χ4n) is 4.03. The SMILES string of the molecule is CN1CCN(C(=O)C2CCCC(NCc3cccnc3)CN(C)C(=O)C2)CC1. The Morgan fingerprint density at radius 1 is 1.21 bits per heavy atom. The Morgan fingerprint density at radius 2 is 2.00 bits per heavy atom. The molecule has 1 aromatic heterocycles. The highest BCUT2D eigenvalue weighted by Gasteiger charge is 2.31. The molecule has 0 radical (unpaired) electrons. The molecule has 2 saturated heterocycles. The van der Waals surface area contributed by atoms with Gasteiger partial charge in [0.2, 0.25) is 11.8 Å². The molecule has 2 atom stereocenters. The number of pyridine rings is 1. The lowest BCUT2D eigenvalue weighted by Crippen LogP contribution is -2.49. The summed E-state index contributed by atoms with van der Waals surface area (Å²) in [6.07, 6.45) is 6.67. The predicted octanol–water partition coefficient (Wildman–Crippen LogP) is 0.962. The summed E-state index contributed by atoms with van der Waals surface area (Å²) in [6.45, 7) is 4.77. The van der Waals surface area contributed by atoms with E-state index in [-0.39, 0.29) is 23.8 Å². The van der Waals surface area contributed by atoms with Crippen LogP contribution < -0.4 is 5.32 Å². The summed E-state index contributed by atoms with van der Waals surface area (Å²) in [5.74, 6) is 0.0506. The number of likely N-dealkylation sites (N-methyl/N-ethyl adjacent to an activating group) is 2. The van der Waals surface area contributed by atoms with Crippen molar-refractivity contribution in [1.29, 1.82) is 0 Å². The summed E-state index contributed by atoms with van der Waals surface area (Å²) in [5.41, 5.74) is 1.14. The maximum Gasteiger partial charge on any atom is 0.226 e. The fourth-order valence-corrected chi connectivity index (χ4v) is 4.03. The Morgan fingerprint density at radius 3 is 2.71 bits per heavy atom. The average molecular weight is 388 g/mol. The average Bonchev–Trinajstić information content (AvgIpc) is 2.77. The van der Waals surface area contributed by atoms with Gasteiger partial charge in [0.25, 0.3) is 0 Å². The van der Waals surface area contributed by atoms with E-state index in [1.54, 1.807) is 11.1 Å². The van der Waals surface area contributed by atoms with Crippen molar-refractivity contribution in [3.63, 3.8) is 0 Å². The number of carbonyl (C=O) groups excluding carboxylic acids is 2. The maximum absolute atomic E-state index is 13.0. The van der Waals surface area contributed by atoms with E-state index in [2.05, 4.69) is 28.3 Å². The van der Waals surface area contributed by atoms with Crippen LogP contribution in [0.25, 0.3) is 0 Å². The van der Waals surface area contributed by atoms with Gasteiger partial charge in [-0.1, -0.05) is 12.5 Å². The van der Waals surface area contributed by atoms with Gasteiger partial charge >= 0.3 is 0 Å². The second-order valence-corrected chi connectivity index (χ2v) is 8.17. The number of piperazine rings is 1. The van der Waals surface area contributed by atoms with E-state index in [0.717, 1.165) is 57.5 Å². The molecule has 1 N–H and O–H groups in total. The summed E-state index contributed by atoms with van der Waals surface area (Å²) in [6, 6.07) is 4.21. The van der Waals surface area contributed by atoms with Crippen LogP contribution in [0.1, 0.15) is 31.2 Å². The summed E-state index contributed by atoms with van der Waals surface area (Å²) >= 11 is 0. The molecule has 0 spiro atoms. The molecule has 0 aliphatic carbocycles. The van der Waals surface area contributed by atoms with Gasteiger partial charge in [-0.2, -0.15) is 0 Å². The highest BCUT2D eigenvalue weighted by Crippen LogP contribution is 2.21. The number of aromatic nitrogens is 1. The Balaban J connectivity index is 1.57. The summed E-state index contributed by atoms with van der Waals surface area (Å²) < 4.78 is 0. The first-order valence-corrected chi connectivity index (χ1v) is 10.4. The fraction of sp³-hybridized carbons (Fsp3) is 0.667. The Hall–Kier alpha value is -1.99. The van der Waals surface area contributed by atoms with Gasteiger partial charge in [-0.3, -0.25) is 14.6 Å². The largest absolute Gasteiger partial charge is 0.344 e. The first kappa shape index (κ1) is 20.7. The smallest absolute Gasteiger partial charge is 0.226 e. The number of amides is 2. The molecule has 0 bridgehead atoms. The monoisotopic (exact) mass is 387 g/mol. The third-order valence-corrected chi connectivity index (χ3v) is 5.93. The number of hydrogen-bond donors (Lipinski definition) is 1. The molecule has 2 unspecified atom stereocenters. The third kappa shape index (κ3) is 5.75. The van der Waals surface area contributed by atoms with Crippen LogP contribution in [0.4, 0.5) is 0 Å². The van der Waals surface area contributed by atoms with Crippen molar-refractivity contribution < 1.29 is 9.59 Å². The molecular formula is C21H33N5O2. The molecule has 3 heterocycles. The second-order valence-electron chi connectivity index (χ2n) is 8.17. The molecule has 28 heavy (non-hydrogen) atoms. The first-order valence-electron chi connectivity index (χ1n) is 10.4. The lowest BCUT2D eigenvalue weighted by atomic mass is 9.95. The van der Waals surface area contributed by atoms with Crippen molar-refractivity contribution in [2.24, 2.45) is 5.92 Å². The zero-order valence-corrected chi connectivity index (χ0v) is 17.1. The van der Waals surface area contributed by atoms with Crippen LogP contribution in [0.2, 0.25) is 0 Å². The number of nitrogens with zero attached hydrogens (tertiary/aromatic N) is 4. The zero-order chi connectivity index (χ0) is 19.9. The van der Waals surface area contributed by atoms with Gasteiger partial charge in [-0.25, -0.2) is 0 Å². The normalized spacial score (nSPS) is 25.1. The van der Waals surface area contributed by atoms with Gasteiger partial charge in [0, 0.05) is 77.1 Å². The van der Waals surface area contributed by atoms with Crippen LogP contribution in [0.3, 0.4) is 0 Å². The van der Waals surface area contributed by atoms with E-state index in [1.165, 1.54) is 0 Å². The minimum absolute atomic E-state index is 0.0718. The van der Waals surface area contributed by atoms with Crippen LogP contribution in [-0.2, 0) is 16.1 Å². The van der Waals surface area contributed by atoms with Crippen LogP contribution in [0, 0.1) is 5.92 Å². The Kier molecular flexibility index (Phi) is 7.39. The molecule has 2 aliphatic rings. The molecule has 1 aromatic rings. The maximum atomic E-state index is 13.0. The van der Waals surface area contributed by atoms with Crippen molar-refractivity contribution >= 4 is 11.8 Å². The van der Waals surface area contributed by atoms with E-state index in [0.29, 0.717) is 13.0 Å². The lowest BCUT2D eigenvalue weighted by Gasteiger charge is -2.34. The second kappa shape index (κ2) is 9.98.